The summed E-state index contributed by atoms with van der Waals surface area (Å²) < 4.78 is 14.3. The summed E-state index contributed by atoms with van der Waals surface area (Å²) in [5.74, 6) is 0. The quantitative estimate of drug-likeness (QED) is 0.378. The number of allylic oxidation sites excluding steroid dienone is 1. The second-order valence-corrected chi connectivity index (χ2v) is 9.33. The van der Waals surface area contributed by atoms with Crippen LogP contribution in [0.3, 0.4) is 0 Å². The van der Waals surface area contributed by atoms with Crippen molar-refractivity contribution in [2.45, 2.75) is 60.3 Å². The molecule has 2 unspecified atom stereocenters. The lowest BCUT2D eigenvalue weighted by molar-refractivity contribution is 0.383. The standard InChI is InChI=1S/C23H27FN4.C8H9B.C2H6/c1-16-6-4-5-7-21(16)23-12-20(14-26-15-22(24)17(2)28-23)27-13-18-8-10-19(25-3)11-9-18;1-6-3-4-8(9)7(2)5-6;1-2/h4-12,15,17,22,25,27H,13-14H2,1-3H3;3-5H,1-2H3;1-2H3/b20-12+,26-15?,28-23?;;. The van der Waals surface area contributed by atoms with Gasteiger partial charge < -0.3 is 10.6 Å². The Morgan fingerprint density at radius 2 is 1.64 bits per heavy atom. The van der Waals surface area contributed by atoms with Crippen LogP contribution in [0.2, 0.25) is 0 Å². The van der Waals surface area contributed by atoms with E-state index in [0.717, 1.165) is 44.8 Å². The van der Waals surface area contributed by atoms with Crippen molar-refractivity contribution in [1.82, 2.24) is 5.32 Å². The predicted molar refractivity (Wildman–Crippen MR) is 169 cm³/mol. The molecule has 0 aromatic heterocycles. The van der Waals surface area contributed by atoms with Crippen LogP contribution in [-0.2, 0) is 6.54 Å². The van der Waals surface area contributed by atoms with E-state index in [4.69, 9.17) is 7.85 Å². The predicted octanol–water partition coefficient (Wildman–Crippen LogP) is 6.43. The summed E-state index contributed by atoms with van der Waals surface area (Å²) in [5, 5.41) is 6.56. The number of hydrogen-bond acceptors (Lipinski definition) is 4. The SMILES string of the molecule is CC.CNc1ccc(CN/C2=C/C(c3ccccc3C)=NC(C)C(F)C=NC2)cc1.[B]c1ccc(C)cc1C. The van der Waals surface area contributed by atoms with Crippen LogP contribution in [0.15, 0.2) is 88.5 Å². The smallest absolute Gasteiger partial charge is 0.157 e. The highest BCUT2D eigenvalue weighted by atomic mass is 19.1. The molecule has 4 nitrogen and oxygen atoms in total. The summed E-state index contributed by atoms with van der Waals surface area (Å²) >= 11 is 0. The van der Waals surface area contributed by atoms with Crippen molar-refractivity contribution in [3.63, 3.8) is 0 Å². The van der Waals surface area contributed by atoms with Crippen LogP contribution in [0.25, 0.3) is 0 Å². The molecule has 0 saturated heterocycles. The Labute approximate surface area is 236 Å². The van der Waals surface area contributed by atoms with E-state index in [1.54, 1.807) is 6.92 Å². The minimum absolute atomic E-state index is 0.395. The first-order chi connectivity index (χ1) is 18.8. The van der Waals surface area contributed by atoms with Crippen molar-refractivity contribution in [3.8, 4) is 0 Å². The van der Waals surface area contributed by atoms with Crippen LogP contribution >= 0.6 is 0 Å². The second-order valence-electron chi connectivity index (χ2n) is 9.33. The van der Waals surface area contributed by atoms with E-state index in [2.05, 4.69) is 45.7 Å². The normalized spacial score (nSPS) is 17.8. The molecule has 3 aromatic carbocycles. The molecule has 0 amide bonds. The maximum Gasteiger partial charge on any atom is 0.157 e. The Balaban J connectivity index is 0.000000407. The van der Waals surface area contributed by atoms with E-state index in [0.29, 0.717) is 13.1 Å². The molecule has 0 saturated carbocycles. The Morgan fingerprint density at radius 1 is 0.949 bits per heavy atom. The van der Waals surface area contributed by atoms with Crippen LogP contribution < -0.4 is 16.1 Å². The molecular formula is C33H42BFN4. The van der Waals surface area contributed by atoms with Gasteiger partial charge in [0.1, 0.15) is 7.85 Å². The number of rotatable bonds is 5. The van der Waals surface area contributed by atoms with E-state index >= 15 is 0 Å². The van der Waals surface area contributed by atoms with Gasteiger partial charge in [-0.1, -0.05) is 85.0 Å². The van der Waals surface area contributed by atoms with E-state index in [9.17, 15) is 4.39 Å². The lowest BCUT2D eigenvalue weighted by Gasteiger charge is -2.13. The van der Waals surface area contributed by atoms with E-state index in [1.165, 1.54) is 11.8 Å². The van der Waals surface area contributed by atoms with E-state index < -0.39 is 12.2 Å². The Morgan fingerprint density at radius 3 is 2.26 bits per heavy atom. The number of nitrogens with zero attached hydrogens (tertiary/aromatic N) is 2. The zero-order valence-corrected chi connectivity index (χ0v) is 24.4. The zero-order chi connectivity index (χ0) is 28.8. The Bertz CT molecular complexity index is 1260. The molecule has 3 aromatic rings. The molecule has 1 aliphatic heterocycles. The summed E-state index contributed by atoms with van der Waals surface area (Å²) in [6.07, 6.45) is 2.17. The first kappa shape index (κ1) is 31.6. The molecule has 39 heavy (non-hydrogen) atoms. The number of aliphatic imine (C=N–C) groups is 2. The van der Waals surface area contributed by atoms with Crippen LogP contribution in [0.1, 0.15) is 48.6 Å². The highest BCUT2D eigenvalue weighted by molar-refractivity contribution is 6.33. The van der Waals surface area contributed by atoms with Crippen LogP contribution in [0.4, 0.5) is 10.1 Å². The third-order valence-electron chi connectivity index (χ3n) is 6.23. The van der Waals surface area contributed by atoms with Gasteiger partial charge in [0.05, 0.1) is 18.3 Å². The fourth-order valence-corrected chi connectivity index (χ4v) is 3.86. The van der Waals surface area contributed by atoms with Gasteiger partial charge in [-0.2, -0.15) is 0 Å². The monoisotopic (exact) mass is 524 g/mol. The van der Waals surface area contributed by atoms with Gasteiger partial charge in [-0.25, -0.2) is 4.39 Å². The van der Waals surface area contributed by atoms with Gasteiger partial charge in [0.25, 0.3) is 0 Å². The number of hydrogen-bond donors (Lipinski definition) is 2. The molecule has 6 heteroatoms. The van der Waals surface area contributed by atoms with Gasteiger partial charge in [0.15, 0.2) is 6.17 Å². The van der Waals surface area contributed by atoms with Gasteiger partial charge in [0.2, 0.25) is 0 Å². The van der Waals surface area contributed by atoms with E-state index in [1.807, 2.05) is 89.3 Å². The maximum absolute atomic E-state index is 14.3. The minimum atomic E-state index is -1.19. The molecule has 204 valence electrons. The topological polar surface area (TPSA) is 48.8 Å². The average Bonchev–Trinajstić information content (AvgIpc) is 3.01. The van der Waals surface area contributed by atoms with Crippen molar-refractivity contribution in [3.05, 3.63) is 106 Å². The van der Waals surface area contributed by atoms with Crippen molar-refractivity contribution in [1.29, 1.82) is 0 Å². The fraction of sp³-hybridized carbons (Fsp3) is 0.333. The molecule has 0 bridgehead atoms. The molecular weight excluding hydrogens is 482 g/mol. The number of nitrogens with one attached hydrogen (secondary N) is 2. The number of anilines is 1. The Kier molecular flexibility index (Phi) is 13.2. The third-order valence-corrected chi connectivity index (χ3v) is 6.23. The summed E-state index contributed by atoms with van der Waals surface area (Å²) in [5.41, 5.74) is 9.37. The van der Waals surface area contributed by atoms with Gasteiger partial charge >= 0.3 is 0 Å². The molecule has 2 N–H and O–H groups in total. The van der Waals surface area contributed by atoms with Gasteiger partial charge in [-0.05, 0) is 57.0 Å². The molecule has 1 heterocycles. The number of alkyl halides is 1. The average molecular weight is 525 g/mol. The van der Waals surface area contributed by atoms with E-state index in [-0.39, 0.29) is 0 Å². The lowest BCUT2D eigenvalue weighted by Crippen LogP contribution is -2.19. The molecule has 2 atom stereocenters. The summed E-state index contributed by atoms with van der Waals surface area (Å²) in [7, 11) is 7.49. The summed E-state index contributed by atoms with van der Waals surface area (Å²) in [6.45, 7) is 13.0. The maximum atomic E-state index is 14.3. The van der Waals surface area contributed by atoms with Crippen molar-refractivity contribution >= 4 is 30.9 Å². The fourth-order valence-electron chi connectivity index (χ4n) is 3.86. The molecule has 0 spiro atoms. The van der Waals surface area contributed by atoms with Gasteiger partial charge in [-0.15, -0.1) is 0 Å². The number of benzene rings is 3. The summed E-state index contributed by atoms with van der Waals surface area (Å²) in [6, 6.07) is 21.8. The van der Waals surface area contributed by atoms with Crippen molar-refractivity contribution < 1.29 is 4.39 Å². The zero-order valence-electron chi connectivity index (χ0n) is 24.4. The van der Waals surface area contributed by atoms with Crippen LogP contribution in [0, 0.1) is 20.8 Å². The molecule has 0 fully saturated rings. The van der Waals surface area contributed by atoms with Gasteiger partial charge in [-0.3, -0.25) is 9.98 Å². The Hall–Kier alpha value is -3.67. The largest absolute Gasteiger partial charge is 0.388 e. The highest BCUT2D eigenvalue weighted by Crippen LogP contribution is 2.15. The van der Waals surface area contributed by atoms with Crippen molar-refractivity contribution in [2.24, 2.45) is 9.98 Å². The lowest BCUT2D eigenvalue weighted by atomic mass is 9.90. The van der Waals surface area contributed by atoms with Gasteiger partial charge in [0, 0.05) is 36.8 Å². The van der Waals surface area contributed by atoms with Crippen LogP contribution in [-0.4, -0.2) is 45.6 Å². The third kappa shape index (κ3) is 10.2. The minimum Gasteiger partial charge on any atom is -0.388 e. The molecule has 1 aliphatic rings. The molecule has 0 aliphatic carbocycles. The second kappa shape index (κ2) is 16.3. The molecule has 4 rings (SSSR count). The van der Waals surface area contributed by atoms with Crippen molar-refractivity contribution in [2.75, 3.05) is 18.9 Å². The van der Waals surface area contributed by atoms with Crippen LogP contribution in [0.5, 0.6) is 0 Å². The summed E-state index contributed by atoms with van der Waals surface area (Å²) in [4.78, 5) is 8.94. The highest BCUT2D eigenvalue weighted by Gasteiger charge is 2.17. The first-order valence-corrected chi connectivity index (χ1v) is 13.6. The number of halogens is 1. The first-order valence-electron chi connectivity index (χ1n) is 13.6. The molecule has 2 radical (unpaired) electrons. The number of aryl methyl sites for hydroxylation is 3.